The van der Waals surface area contributed by atoms with Crippen LogP contribution in [0.1, 0.15) is 21.5 Å². The molecule has 3 rings (SSSR count). The standard InChI is InChI=1S/C22H18O5S/c23-19-9-11-20(12-10-19)28(26,27)15-16-4-3-6-18(14-16)22(25)13-8-17-5-1-2-7-21(17)24/h1-14,23-24H,15H2/b13-8+. The number of hydrogen-bond acceptors (Lipinski definition) is 5. The molecular formula is C22H18O5S. The number of carbonyl (C=O) groups excluding carboxylic acids is 1. The third kappa shape index (κ3) is 4.66. The number of ketones is 1. The van der Waals surface area contributed by atoms with Gasteiger partial charge in [-0.3, -0.25) is 4.79 Å². The number of carbonyl (C=O) groups is 1. The Bertz CT molecular complexity index is 1130. The smallest absolute Gasteiger partial charge is 0.185 e. The van der Waals surface area contributed by atoms with Crippen molar-refractivity contribution in [3.05, 3.63) is 95.6 Å². The maximum absolute atomic E-state index is 12.5. The van der Waals surface area contributed by atoms with Crippen LogP contribution in [0.3, 0.4) is 0 Å². The fourth-order valence-electron chi connectivity index (χ4n) is 2.66. The van der Waals surface area contributed by atoms with Crippen LogP contribution in [-0.4, -0.2) is 24.4 Å². The van der Waals surface area contributed by atoms with Crippen molar-refractivity contribution >= 4 is 21.7 Å². The molecule has 3 aromatic rings. The van der Waals surface area contributed by atoms with Gasteiger partial charge in [0.05, 0.1) is 10.6 Å². The van der Waals surface area contributed by atoms with E-state index in [2.05, 4.69) is 0 Å². The van der Waals surface area contributed by atoms with Gasteiger partial charge < -0.3 is 10.2 Å². The highest BCUT2D eigenvalue weighted by Crippen LogP contribution is 2.21. The van der Waals surface area contributed by atoms with Crippen molar-refractivity contribution in [3.8, 4) is 11.5 Å². The van der Waals surface area contributed by atoms with E-state index in [4.69, 9.17) is 0 Å². The molecule has 0 aliphatic heterocycles. The second-order valence-electron chi connectivity index (χ2n) is 6.21. The molecule has 0 fully saturated rings. The third-order valence-corrected chi connectivity index (χ3v) is 5.82. The second kappa shape index (κ2) is 8.10. The summed E-state index contributed by atoms with van der Waals surface area (Å²) in [6, 6.07) is 18.4. The summed E-state index contributed by atoms with van der Waals surface area (Å²) in [5.41, 5.74) is 1.35. The maximum Gasteiger partial charge on any atom is 0.185 e. The highest BCUT2D eigenvalue weighted by atomic mass is 32.2. The summed E-state index contributed by atoms with van der Waals surface area (Å²) in [4.78, 5) is 12.5. The van der Waals surface area contributed by atoms with Gasteiger partial charge in [0.25, 0.3) is 0 Å². The molecule has 2 N–H and O–H groups in total. The lowest BCUT2D eigenvalue weighted by Crippen LogP contribution is -2.06. The summed E-state index contributed by atoms with van der Waals surface area (Å²) in [6.45, 7) is 0. The molecule has 5 nitrogen and oxygen atoms in total. The van der Waals surface area contributed by atoms with E-state index < -0.39 is 9.84 Å². The Labute approximate surface area is 163 Å². The maximum atomic E-state index is 12.5. The van der Waals surface area contributed by atoms with Crippen molar-refractivity contribution in [2.45, 2.75) is 10.6 Å². The van der Waals surface area contributed by atoms with Gasteiger partial charge in [0, 0.05) is 11.1 Å². The quantitative estimate of drug-likeness (QED) is 0.488. The molecule has 0 bridgehead atoms. The van der Waals surface area contributed by atoms with E-state index in [9.17, 15) is 23.4 Å². The molecule has 0 radical (unpaired) electrons. The van der Waals surface area contributed by atoms with E-state index in [0.717, 1.165) is 0 Å². The molecule has 0 unspecified atom stereocenters. The number of phenols is 2. The largest absolute Gasteiger partial charge is 0.508 e. The Balaban J connectivity index is 1.79. The SMILES string of the molecule is O=C(/C=C/c1ccccc1O)c1cccc(CS(=O)(=O)c2ccc(O)cc2)c1. The van der Waals surface area contributed by atoms with Crippen LogP contribution < -0.4 is 0 Å². The lowest BCUT2D eigenvalue weighted by Gasteiger charge is -2.06. The minimum absolute atomic E-state index is 0.0113. The van der Waals surface area contributed by atoms with Gasteiger partial charge in [-0.05, 0) is 54.1 Å². The molecule has 0 aromatic heterocycles. The fourth-order valence-corrected chi connectivity index (χ4v) is 4.00. The molecule has 6 heteroatoms. The van der Waals surface area contributed by atoms with Crippen molar-refractivity contribution in [2.24, 2.45) is 0 Å². The van der Waals surface area contributed by atoms with Crippen LogP contribution in [0.2, 0.25) is 0 Å². The van der Waals surface area contributed by atoms with E-state index in [1.807, 2.05) is 0 Å². The van der Waals surface area contributed by atoms with Crippen molar-refractivity contribution < 1.29 is 23.4 Å². The number of benzene rings is 3. The van der Waals surface area contributed by atoms with Crippen molar-refractivity contribution in [2.75, 3.05) is 0 Å². The number of allylic oxidation sites excluding steroid dienone is 1. The van der Waals surface area contributed by atoms with Gasteiger partial charge >= 0.3 is 0 Å². The fraction of sp³-hybridized carbons (Fsp3) is 0.0455. The summed E-state index contributed by atoms with van der Waals surface area (Å²) < 4.78 is 25.1. The van der Waals surface area contributed by atoms with Crippen molar-refractivity contribution in [3.63, 3.8) is 0 Å². The average Bonchev–Trinajstić information content (AvgIpc) is 2.67. The van der Waals surface area contributed by atoms with Gasteiger partial charge in [-0.15, -0.1) is 0 Å². The number of rotatable bonds is 6. The topological polar surface area (TPSA) is 91.7 Å². The predicted molar refractivity (Wildman–Crippen MR) is 107 cm³/mol. The van der Waals surface area contributed by atoms with Crippen LogP contribution in [-0.2, 0) is 15.6 Å². The Hall–Kier alpha value is -3.38. The summed E-state index contributed by atoms with van der Waals surface area (Å²) >= 11 is 0. The molecule has 0 atom stereocenters. The molecule has 0 spiro atoms. The highest BCUT2D eigenvalue weighted by molar-refractivity contribution is 7.90. The van der Waals surface area contributed by atoms with Crippen LogP contribution in [0.4, 0.5) is 0 Å². The van der Waals surface area contributed by atoms with Gasteiger partial charge in [0.1, 0.15) is 11.5 Å². The van der Waals surface area contributed by atoms with Crippen LogP contribution in [0, 0.1) is 0 Å². The molecule has 0 aliphatic rings. The van der Waals surface area contributed by atoms with Gasteiger partial charge in [0.2, 0.25) is 0 Å². The molecule has 142 valence electrons. The van der Waals surface area contributed by atoms with Crippen molar-refractivity contribution in [1.82, 2.24) is 0 Å². The van der Waals surface area contributed by atoms with E-state index in [-0.39, 0.29) is 27.9 Å². The number of aromatic hydroxyl groups is 2. The molecule has 0 heterocycles. The Morgan fingerprint density at radius 2 is 1.61 bits per heavy atom. The monoisotopic (exact) mass is 394 g/mol. The highest BCUT2D eigenvalue weighted by Gasteiger charge is 2.16. The summed E-state index contributed by atoms with van der Waals surface area (Å²) in [6.07, 6.45) is 2.85. The summed E-state index contributed by atoms with van der Waals surface area (Å²) in [5.74, 6) is -0.502. The Morgan fingerprint density at radius 3 is 2.32 bits per heavy atom. The zero-order valence-corrected chi connectivity index (χ0v) is 15.6. The Kier molecular flexibility index (Phi) is 5.61. The minimum Gasteiger partial charge on any atom is -0.508 e. The molecule has 0 amide bonds. The molecular weight excluding hydrogens is 376 g/mol. The van der Waals surface area contributed by atoms with Crippen LogP contribution in [0.5, 0.6) is 11.5 Å². The summed E-state index contributed by atoms with van der Waals surface area (Å²) in [7, 11) is -3.61. The molecule has 0 saturated heterocycles. The first kappa shape index (κ1) is 19.4. The van der Waals surface area contributed by atoms with Crippen LogP contribution >= 0.6 is 0 Å². The zero-order chi connectivity index (χ0) is 20.1. The molecule has 3 aromatic carbocycles. The van der Waals surface area contributed by atoms with Crippen LogP contribution in [0.25, 0.3) is 6.08 Å². The number of sulfone groups is 1. The number of para-hydroxylation sites is 1. The first-order valence-corrected chi connectivity index (χ1v) is 10.1. The van der Waals surface area contributed by atoms with Gasteiger partial charge in [-0.25, -0.2) is 8.42 Å². The predicted octanol–water partition coefficient (Wildman–Crippen LogP) is 3.97. The lowest BCUT2D eigenvalue weighted by molar-refractivity contribution is 0.104. The van der Waals surface area contributed by atoms with E-state index in [1.54, 1.807) is 36.4 Å². The first-order chi connectivity index (χ1) is 13.3. The van der Waals surface area contributed by atoms with E-state index in [1.165, 1.54) is 48.6 Å². The van der Waals surface area contributed by atoms with Crippen LogP contribution in [0.15, 0.2) is 83.8 Å². The van der Waals surface area contributed by atoms with Gasteiger partial charge in [0.15, 0.2) is 15.6 Å². The minimum atomic E-state index is -3.61. The normalized spacial score (nSPS) is 11.6. The number of phenolic OH excluding ortho intramolecular Hbond substituents is 2. The summed E-state index contributed by atoms with van der Waals surface area (Å²) in [5, 5.41) is 19.1. The third-order valence-electron chi connectivity index (χ3n) is 4.12. The molecule has 28 heavy (non-hydrogen) atoms. The molecule has 0 saturated carbocycles. The molecule has 0 aliphatic carbocycles. The van der Waals surface area contributed by atoms with Gasteiger partial charge in [-0.1, -0.05) is 36.4 Å². The van der Waals surface area contributed by atoms with E-state index in [0.29, 0.717) is 16.7 Å². The first-order valence-electron chi connectivity index (χ1n) is 8.46. The lowest BCUT2D eigenvalue weighted by atomic mass is 10.1. The van der Waals surface area contributed by atoms with E-state index >= 15 is 0 Å². The number of hydrogen-bond donors (Lipinski definition) is 2. The Morgan fingerprint density at radius 1 is 0.893 bits per heavy atom. The van der Waals surface area contributed by atoms with Crippen molar-refractivity contribution in [1.29, 1.82) is 0 Å². The van der Waals surface area contributed by atoms with Gasteiger partial charge in [-0.2, -0.15) is 0 Å². The average molecular weight is 394 g/mol. The second-order valence-corrected chi connectivity index (χ2v) is 8.20. The zero-order valence-electron chi connectivity index (χ0n) is 14.8.